The van der Waals surface area contributed by atoms with Gasteiger partial charge in [-0.05, 0) is 54.8 Å². The molecule has 0 unspecified atom stereocenters. The molecule has 2 heteroatoms. The van der Waals surface area contributed by atoms with E-state index in [1.54, 1.807) is 0 Å². The van der Waals surface area contributed by atoms with Crippen molar-refractivity contribution in [2.75, 3.05) is 14.1 Å². The van der Waals surface area contributed by atoms with Gasteiger partial charge in [-0.15, -0.1) is 0 Å². The quantitative estimate of drug-likeness (QED) is 0.921. The second-order valence-corrected chi connectivity index (χ2v) is 5.90. The van der Waals surface area contributed by atoms with Crippen LogP contribution in [0.5, 0.6) is 0 Å². The molecule has 0 fully saturated rings. The first kappa shape index (κ1) is 13.3. The molecule has 0 saturated heterocycles. The largest absolute Gasteiger partial charge is 0.388 e. The molecule has 2 nitrogen and oxygen atoms in total. The van der Waals surface area contributed by atoms with Crippen LogP contribution in [0.3, 0.4) is 0 Å². The van der Waals surface area contributed by atoms with Crippen molar-refractivity contribution in [1.82, 2.24) is 4.90 Å². The lowest BCUT2D eigenvalue weighted by molar-refractivity contribution is 0.180. The monoisotopic (exact) mass is 267 g/mol. The highest BCUT2D eigenvalue weighted by Gasteiger charge is 2.20. The van der Waals surface area contributed by atoms with E-state index in [2.05, 4.69) is 61.5 Å². The summed E-state index contributed by atoms with van der Waals surface area (Å²) in [6.45, 7) is 0.969. The highest BCUT2D eigenvalue weighted by Crippen LogP contribution is 2.34. The number of hydrogen-bond donors (Lipinski definition) is 1. The minimum Gasteiger partial charge on any atom is -0.388 e. The first-order valence-corrected chi connectivity index (χ1v) is 7.18. The third-order valence-electron chi connectivity index (χ3n) is 3.98. The summed E-state index contributed by atoms with van der Waals surface area (Å²) in [5.74, 6) is 0. The van der Waals surface area contributed by atoms with E-state index in [1.165, 1.54) is 22.3 Å². The van der Waals surface area contributed by atoms with Crippen molar-refractivity contribution in [3.63, 3.8) is 0 Å². The van der Waals surface area contributed by atoms with Gasteiger partial charge in [-0.2, -0.15) is 0 Å². The van der Waals surface area contributed by atoms with Gasteiger partial charge in [-0.3, -0.25) is 0 Å². The predicted molar refractivity (Wildman–Crippen MR) is 82.5 cm³/mol. The molecule has 0 radical (unpaired) electrons. The summed E-state index contributed by atoms with van der Waals surface area (Å²) in [5, 5.41) is 9.86. The molecule has 0 amide bonds. The Balaban J connectivity index is 1.86. The molecule has 1 aliphatic carbocycles. The maximum atomic E-state index is 9.86. The Morgan fingerprint density at radius 3 is 2.45 bits per heavy atom. The molecule has 1 N–H and O–H groups in total. The number of rotatable bonds is 3. The molecule has 3 rings (SSSR count). The summed E-state index contributed by atoms with van der Waals surface area (Å²) in [5.41, 5.74) is 6.23. The molecule has 1 atom stereocenters. The first-order chi connectivity index (χ1) is 9.63. The molecule has 0 saturated carbocycles. The summed E-state index contributed by atoms with van der Waals surface area (Å²) in [6.07, 6.45) is 1.59. The van der Waals surface area contributed by atoms with E-state index in [1.807, 2.05) is 0 Å². The molecule has 0 aliphatic heterocycles. The summed E-state index contributed by atoms with van der Waals surface area (Å²) < 4.78 is 0. The van der Waals surface area contributed by atoms with Gasteiger partial charge in [0.1, 0.15) is 0 Å². The Morgan fingerprint density at radius 1 is 1.05 bits per heavy atom. The van der Waals surface area contributed by atoms with E-state index >= 15 is 0 Å². The zero-order chi connectivity index (χ0) is 14.1. The highest BCUT2D eigenvalue weighted by molar-refractivity contribution is 5.65. The van der Waals surface area contributed by atoms with Gasteiger partial charge in [0.15, 0.2) is 0 Å². The summed E-state index contributed by atoms with van der Waals surface area (Å²) >= 11 is 0. The van der Waals surface area contributed by atoms with Gasteiger partial charge in [0.25, 0.3) is 0 Å². The van der Waals surface area contributed by atoms with E-state index in [0.29, 0.717) is 0 Å². The third-order valence-corrected chi connectivity index (χ3v) is 3.98. The lowest BCUT2D eigenvalue weighted by Crippen LogP contribution is -2.10. The molecule has 104 valence electrons. The molecule has 2 aromatic rings. The van der Waals surface area contributed by atoms with Crippen LogP contribution in [0.2, 0.25) is 0 Å². The first-order valence-electron chi connectivity index (χ1n) is 7.18. The second-order valence-electron chi connectivity index (χ2n) is 5.90. The molecule has 0 aromatic heterocycles. The fourth-order valence-electron chi connectivity index (χ4n) is 2.94. The third kappa shape index (κ3) is 2.62. The molecule has 20 heavy (non-hydrogen) atoms. The smallest absolute Gasteiger partial charge is 0.0795 e. The minimum absolute atomic E-state index is 0.262. The van der Waals surface area contributed by atoms with Gasteiger partial charge in [0, 0.05) is 6.54 Å². The number of benzene rings is 2. The molecule has 2 aromatic carbocycles. The Labute approximate surface area is 120 Å². The van der Waals surface area contributed by atoms with E-state index in [-0.39, 0.29) is 6.10 Å². The SMILES string of the molecule is CN(C)Cc1ccc(-c2ccc3c(c2)CC[C@@H]3O)cc1. The van der Waals surface area contributed by atoms with Crippen LogP contribution in [0.1, 0.15) is 29.2 Å². The van der Waals surface area contributed by atoms with E-state index < -0.39 is 0 Å². The average Bonchev–Trinajstić information content (AvgIpc) is 2.80. The van der Waals surface area contributed by atoms with Crippen molar-refractivity contribution in [3.05, 3.63) is 59.2 Å². The second kappa shape index (κ2) is 5.39. The molecule has 0 bridgehead atoms. The Kier molecular flexibility index (Phi) is 3.60. The van der Waals surface area contributed by atoms with Crippen LogP contribution in [0, 0.1) is 0 Å². The standard InChI is InChI=1S/C18H21NO/c1-19(2)12-13-3-5-14(6-4-13)15-7-9-17-16(11-15)8-10-18(17)20/h3-7,9,11,18,20H,8,10,12H2,1-2H3/t18-/m0/s1. The van der Waals surface area contributed by atoms with Gasteiger partial charge >= 0.3 is 0 Å². The van der Waals surface area contributed by atoms with E-state index in [4.69, 9.17) is 0 Å². The van der Waals surface area contributed by atoms with Crippen molar-refractivity contribution in [2.24, 2.45) is 0 Å². The number of aliphatic hydroxyl groups is 1. The van der Waals surface area contributed by atoms with Crippen molar-refractivity contribution in [2.45, 2.75) is 25.5 Å². The maximum absolute atomic E-state index is 9.86. The lowest BCUT2D eigenvalue weighted by atomic mass is 9.99. The number of aliphatic hydroxyl groups excluding tert-OH is 1. The van der Waals surface area contributed by atoms with Crippen molar-refractivity contribution >= 4 is 0 Å². The van der Waals surface area contributed by atoms with Gasteiger partial charge < -0.3 is 10.0 Å². The predicted octanol–water partition coefficient (Wildman–Crippen LogP) is 3.39. The normalized spacial score (nSPS) is 17.5. The molecule has 0 spiro atoms. The van der Waals surface area contributed by atoms with Gasteiger partial charge in [-0.25, -0.2) is 0 Å². The van der Waals surface area contributed by atoms with Crippen LogP contribution in [0.25, 0.3) is 11.1 Å². The fourth-order valence-corrected chi connectivity index (χ4v) is 2.94. The maximum Gasteiger partial charge on any atom is 0.0795 e. The zero-order valence-corrected chi connectivity index (χ0v) is 12.1. The van der Waals surface area contributed by atoms with Gasteiger partial charge in [0.2, 0.25) is 0 Å². The van der Waals surface area contributed by atoms with Crippen molar-refractivity contribution in [3.8, 4) is 11.1 Å². The molecule has 1 aliphatic rings. The number of nitrogens with zero attached hydrogens (tertiary/aromatic N) is 1. The van der Waals surface area contributed by atoms with Crippen molar-refractivity contribution in [1.29, 1.82) is 0 Å². The van der Waals surface area contributed by atoms with E-state index in [0.717, 1.165) is 24.9 Å². The molecular weight excluding hydrogens is 246 g/mol. The fraction of sp³-hybridized carbons (Fsp3) is 0.333. The Hall–Kier alpha value is -1.64. The Morgan fingerprint density at radius 2 is 1.75 bits per heavy atom. The summed E-state index contributed by atoms with van der Waals surface area (Å²) in [7, 11) is 4.17. The molecular formula is C18H21NO. The summed E-state index contributed by atoms with van der Waals surface area (Å²) in [4.78, 5) is 2.17. The number of aryl methyl sites for hydroxylation is 1. The summed E-state index contributed by atoms with van der Waals surface area (Å²) in [6, 6.07) is 15.2. The van der Waals surface area contributed by atoms with Crippen molar-refractivity contribution < 1.29 is 5.11 Å². The van der Waals surface area contributed by atoms with Crippen LogP contribution >= 0.6 is 0 Å². The number of hydrogen-bond acceptors (Lipinski definition) is 2. The number of fused-ring (bicyclic) bond motifs is 1. The van der Waals surface area contributed by atoms with Crippen LogP contribution in [-0.2, 0) is 13.0 Å². The average molecular weight is 267 g/mol. The van der Waals surface area contributed by atoms with Gasteiger partial charge in [0.05, 0.1) is 6.10 Å². The van der Waals surface area contributed by atoms with Crippen LogP contribution in [0.15, 0.2) is 42.5 Å². The Bertz CT molecular complexity index is 601. The topological polar surface area (TPSA) is 23.5 Å². The lowest BCUT2D eigenvalue weighted by Gasteiger charge is -2.11. The van der Waals surface area contributed by atoms with Crippen LogP contribution < -0.4 is 0 Å². The molecule has 0 heterocycles. The highest BCUT2D eigenvalue weighted by atomic mass is 16.3. The van der Waals surface area contributed by atoms with Gasteiger partial charge in [-0.1, -0.05) is 42.5 Å². The van der Waals surface area contributed by atoms with E-state index in [9.17, 15) is 5.11 Å². The zero-order valence-electron chi connectivity index (χ0n) is 12.1. The van der Waals surface area contributed by atoms with Crippen LogP contribution in [0.4, 0.5) is 0 Å². The minimum atomic E-state index is -0.262. The van der Waals surface area contributed by atoms with Crippen LogP contribution in [-0.4, -0.2) is 24.1 Å².